The van der Waals surface area contributed by atoms with Gasteiger partial charge in [-0.3, -0.25) is 4.79 Å². The van der Waals surface area contributed by atoms with Gasteiger partial charge in [0.1, 0.15) is 0 Å². The Morgan fingerprint density at radius 3 is 3.06 bits per heavy atom. The molecule has 0 fully saturated rings. The molecule has 1 atom stereocenters. The van der Waals surface area contributed by atoms with Crippen LogP contribution in [0.2, 0.25) is 0 Å². The lowest BCUT2D eigenvalue weighted by Crippen LogP contribution is -2.27. The molecule has 2 N–H and O–H groups in total. The van der Waals surface area contributed by atoms with Crippen LogP contribution in [0.5, 0.6) is 0 Å². The summed E-state index contributed by atoms with van der Waals surface area (Å²) in [5, 5.41) is 12.5. The van der Waals surface area contributed by atoms with Gasteiger partial charge in [0.25, 0.3) is 0 Å². The lowest BCUT2D eigenvalue weighted by molar-refractivity contribution is -0.116. The number of rotatable bonds is 5. The van der Waals surface area contributed by atoms with Gasteiger partial charge in [-0.05, 0) is 18.9 Å². The van der Waals surface area contributed by atoms with Gasteiger partial charge in [0.15, 0.2) is 0 Å². The number of aliphatic hydroxyl groups excluding tert-OH is 1. The van der Waals surface area contributed by atoms with Crippen molar-refractivity contribution in [2.45, 2.75) is 13.8 Å². The van der Waals surface area contributed by atoms with Gasteiger partial charge in [-0.25, -0.2) is 4.98 Å². The molecule has 88 valence electrons. The first-order chi connectivity index (χ1) is 7.61. The number of aryl methyl sites for hydroxylation is 1. The minimum Gasteiger partial charge on any atom is -0.396 e. The first kappa shape index (κ1) is 12.9. The van der Waals surface area contributed by atoms with Crippen molar-refractivity contribution in [3.8, 4) is 0 Å². The minimum absolute atomic E-state index is 0.0814. The third-order valence-electron chi connectivity index (χ3n) is 1.97. The Labute approximate surface area is 99.0 Å². The van der Waals surface area contributed by atoms with Crippen LogP contribution >= 0.6 is 11.3 Å². The number of carbonyl (C=O) groups excluding carboxylic acids is 1. The van der Waals surface area contributed by atoms with Crippen LogP contribution in [0.25, 0.3) is 6.08 Å². The van der Waals surface area contributed by atoms with Gasteiger partial charge < -0.3 is 10.4 Å². The summed E-state index contributed by atoms with van der Waals surface area (Å²) < 4.78 is 0. The van der Waals surface area contributed by atoms with Gasteiger partial charge in [-0.2, -0.15) is 0 Å². The Morgan fingerprint density at radius 1 is 1.75 bits per heavy atom. The molecule has 1 rings (SSSR count). The summed E-state index contributed by atoms with van der Waals surface area (Å²) in [5.74, 6) is -0.0608. The Balaban J connectivity index is 2.36. The molecule has 5 heteroatoms. The Morgan fingerprint density at radius 2 is 2.50 bits per heavy atom. The molecule has 0 aliphatic heterocycles. The average Bonchev–Trinajstić information content (AvgIpc) is 2.69. The summed E-state index contributed by atoms with van der Waals surface area (Å²) in [4.78, 5) is 16.4. The van der Waals surface area contributed by atoms with E-state index in [1.807, 2.05) is 13.8 Å². The molecule has 0 saturated carbocycles. The van der Waals surface area contributed by atoms with Crippen molar-refractivity contribution in [2.75, 3.05) is 13.2 Å². The molecule has 1 aromatic heterocycles. The zero-order valence-corrected chi connectivity index (χ0v) is 10.3. The van der Waals surface area contributed by atoms with E-state index in [-0.39, 0.29) is 18.4 Å². The van der Waals surface area contributed by atoms with E-state index >= 15 is 0 Å². The van der Waals surface area contributed by atoms with Crippen molar-refractivity contribution in [2.24, 2.45) is 5.92 Å². The zero-order valence-electron chi connectivity index (χ0n) is 9.43. The highest BCUT2D eigenvalue weighted by atomic mass is 32.1. The highest BCUT2D eigenvalue weighted by molar-refractivity contribution is 7.12. The third kappa shape index (κ3) is 4.55. The van der Waals surface area contributed by atoms with Crippen LogP contribution in [0.1, 0.15) is 16.8 Å². The predicted octanol–water partition coefficient (Wildman–Crippen LogP) is 1.21. The molecule has 0 aliphatic rings. The number of nitrogens with zero attached hydrogens (tertiary/aromatic N) is 1. The van der Waals surface area contributed by atoms with E-state index < -0.39 is 0 Å². The van der Waals surface area contributed by atoms with Crippen molar-refractivity contribution in [1.29, 1.82) is 0 Å². The average molecular weight is 240 g/mol. The number of aromatic nitrogens is 1. The lowest BCUT2D eigenvalue weighted by atomic mass is 10.2. The molecule has 1 amide bonds. The largest absolute Gasteiger partial charge is 0.396 e. The Bertz CT molecular complexity index is 374. The van der Waals surface area contributed by atoms with E-state index in [1.165, 1.54) is 6.08 Å². The summed E-state index contributed by atoms with van der Waals surface area (Å²) in [5.41, 5.74) is 0. The standard InChI is InChI=1S/C11H16N2O2S/c1-8(7-14)5-13-11(15)4-3-10-6-12-9(2)16-10/h3-4,6,8,14H,5,7H2,1-2H3,(H,13,15)/b4-3+. The fourth-order valence-electron chi connectivity index (χ4n) is 1.01. The number of amides is 1. The molecule has 0 radical (unpaired) electrons. The summed E-state index contributed by atoms with van der Waals surface area (Å²) in [6, 6.07) is 0. The second-order valence-corrected chi connectivity index (χ2v) is 4.91. The zero-order chi connectivity index (χ0) is 12.0. The van der Waals surface area contributed by atoms with Gasteiger partial charge in [-0.1, -0.05) is 6.92 Å². The molecule has 1 aromatic rings. The molecule has 0 aliphatic carbocycles. The molecule has 0 saturated heterocycles. The lowest BCUT2D eigenvalue weighted by Gasteiger charge is -2.06. The number of hydrogen-bond acceptors (Lipinski definition) is 4. The van der Waals surface area contributed by atoms with E-state index in [9.17, 15) is 4.79 Å². The molecule has 1 heterocycles. The normalized spacial score (nSPS) is 12.9. The van der Waals surface area contributed by atoms with Gasteiger partial charge >= 0.3 is 0 Å². The first-order valence-corrected chi connectivity index (χ1v) is 5.92. The predicted molar refractivity (Wildman–Crippen MR) is 65.1 cm³/mol. The Kier molecular flexibility index (Phi) is 5.14. The van der Waals surface area contributed by atoms with Crippen molar-refractivity contribution < 1.29 is 9.90 Å². The molecular formula is C11H16N2O2S. The number of hydrogen-bond donors (Lipinski definition) is 2. The molecular weight excluding hydrogens is 224 g/mol. The number of nitrogens with one attached hydrogen (secondary N) is 1. The summed E-state index contributed by atoms with van der Waals surface area (Å²) in [7, 11) is 0. The van der Waals surface area contributed by atoms with Gasteiger partial charge in [0.2, 0.25) is 5.91 Å². The quantitative estimate of drug-likeness (QED) is 0.760. The number of thiazole rings is 1. The van der Waals surface area contributed by atoms with Crippen LogP contribution in [0.4, 0.5) is 0 Å². The van der Waals surface area contributed by atoms with Crippen LogP contribution < -0.4 is 5.32 Å². The number of aliphatic hydroxyl groups is 1. The molecule has 0 spiro atoms. The summed E-state index contributed by atoms with van der Waals surface area (Å²) in [6.07, 6.45) is 4.96. The maximum Gasteiger partial charge on any atom is 0.244 e. The highest BCUT2D eigenvalue weighted by Crippen LogP contribution is 2.12. The van der Waals surface area contributed by atoms with Gasteiger partial charge in [0, 0.05) is 30.3 Å². The maximum absolute atomic E-state index is 11.3. The maximum atomic E-state index is 11.3. The number of carbonyl (C=O) groups is 1. The molecule has 0 aromatic carbocycles. The van der Waals surface area contributed by atoms with Crippen LogP contribution in [-0.4, -0.2) is 29.1 Å². The van der Waals surface area contributed by atoms with Crippen LogP contribution in [0.3, 0.4) is 0 Å². The van der Waals surface area contributed by atoms with E-state index in [0.29, 0.717) is 6.54 Å². The van der Waals surface area contributed by atoms with Gasteiger partial charge in [0.05, 0.1) is 5.01 Å². The van der Waals surface area contributed by atoms with Gasteiger partial charge in [-0.15, -0.1) is 11.3 Å². The fourth-order valence-corrected chi connectivity index (χ4v) is 1.70. The molecule has 16 heavy (non-hydrogen) atoms. The van der Waals surface area contributed by atoms with Crippen molar-refractivity contribution in [3.05, 3.63) is 22.2 Å². The SMILES string of the molecule is Cc1ncc(/C=C/C(=O)NCC(C)CO)s1. The monoisotopic (exact) mass is 240 g/mol. The second-order valence-electron chi connectivity index (χ2n) is 3.65. The smallest absolute Gasteiger partial charge is 0.244 e. The topological polar surface area (TPSA) is 62.2 Å². The van der Waals surface area contributed by atoms with E-state index in [0.717, 1.165) is 9.88 Å². The molecule has 0 bridgehead atoms. The molecule has 4 nitrogen and oxygen atoms in total. The van der Waals surface area contributed by atoms with E-state index in [4.69, 9.17) is 5.11 Å². The first-order valence-electron chi connectivity index (χ1n) is 5.11. The van der Waals surface area contributed by atoms with Crippen molar-refractivity contribution in [1.82, 2.24) is 10.3 Å². The molecule has 1 unspecified atom stereocenters. The van der Waals surface area contributed by atoms with Crippen molar-refractivity contribution >= 4 is 23.3 Å². The highest BCUT2D eigenvalue weighted by Gasteiger charge is 2.01. The second kappa shape index (κ2) is 6.40. The van der Waals surface area contributed by atoms with Crippen LogP contribution in [0.15, 0.2) is 12.3 Å². The summed E-state index contributed by atoms with van der Waals surface area (Å²) in [6.45, 7) is 4.36. The van der Waals surface area contributed by atoms with E-state index in [1.54, 1.807) is 23.6 Å². The minimum atomic E-state index is -0.147. The van der Waals surface area contributed by atoms with Crippen LogP contribution in [0, 0.1) is 12.8 Å². The third-order valence-corrected chi connectivity index (χ3v) is 2.85. The van der Waals surface area contributed by atoms with E-state index in [2.05, 4.69) is 10.3 Å². The van der Waals surface area contributed by atoms with Crippen molar-refractivity contribution in [3.63, 3.8) is 0 Å². The summed E-state index contributed by atoms with van der Waals surface area (Å²) >= 11 is 1.54. The Hall–Kier alpha value is -1.20. The van der Waals surface area contributed by atoms with Crippen LogP contribution in [-0.2, 0) is 4.79 Å². The fraction of sp³-hybridized carbons (Fsp3) is 0.455.